The summed E-state index contributed by atoms with van der Waals surface area (Å²) in [5.41, 5.74) is 9.59. The second-order valence-corrected chi connectivity index (χ2v) is 11.2. The highest BCUT2D eigenvalue weighted by Gasteiger charge is 2.38. The number of thioether (sulfide) groups is 1. The molecule has 1 atom stereocenters. The molecule has 8 nitrogen and oxygen atoms in total. The topological polar surface area (TPSA) is 135 Å². The SMILES string of the molecule is CCOC(=O)C1=C(CSc2nc(-c3cccs3)cc(-c3ccc(Cl)cc3)c2C#N)OC(N)=C(C#N)[C@@H]1c1cccnc1. The fourth-order valence-corrected chi connectivity index (χ4v) is 6.27. The van der Waals surface area contributed by atoms with Gasteiger partial charge in [-0.1, -0.05) is 47.6 Å². The lowest BCUT2D eigenvalue weighted by Crippen LogP contribution is -2.27. The van der Waals surface area contributed by atoms with Crippen molar-refractivity contribution in [2.24, 2.45) is 5.73 Å². The Morgan fingerprint density at radius 3 is 2.64 bits per heavy atom. The Bertz CT molecular complexity index is 1770. The maximum Gasteiger partial charge on any atom is 0.338 e. The van der Waals surface area contributed by atoms with Crippen molar-refractivity contribution in [3.63, 3.8) is 0 Å². The molecule has 4 aromatic rings. The van der Waals surface area contributed by atoms with Crippen molar-refractivity contribution < 1.29 is 14.3 Å². The number of carbonyl (C=O) groups excluding carboxylic acids is 1. The maximum atomic E-state index is 13.3. The van der Waals surface area contributed by atoms with Gasteiger partial charge in [-0.2, -0.15) is 10.5 Å². The van der Waals surface area contributed by atoms with Crippen LogP contribution in [-0.4, -0.2) is 28.3 Å². The number of nitriles is 2. The number of carbonyl (C=O) groups is 1. The Kier molecular flexibility index (Phi) is 8.89. The third-order valence-electron chi connectivity index (χ3n) is 6.38. The summed E-state index contributed by atoms with van der Waals surface area (Å²) >= 11 is 8.89. The van der Waals surface area contributed by atoms with Crippen LogP contribution in [0.1, 0.15) is 24.0 Å². The van der Waals surface area contributed by atoms with Crippen molar-refractivity contribution in [2.75, 3.05) is 12.4 Å². The van der Waals surface area contributed by atoms with E-state index in [0.717, 1.165) is 10.4 Å². The number of ether oxygens (including phenoxy) is 2. The number of aromatic nitrogens is 2. The molecule has 5 rings (SSSR count). The summed E-state index contributed by atoms with van der Waals surface area (Å²) in [4.78, 5) is 23.3. The lowest BCUT2D eigenvalue weighted by molar-refractivity contribution is -0.139. The van der Waals surface area contributed by atoms with Gasteiger partial charge < -0.3 is 15.2 Å². The molecule has 1 aromatic carbocycles. The number of allylic oxidation sites excluding steroid dienone is 1. The van der Waals surface area contributed by atoms with Crippen LogP contribution in [0, 0.1) is 22.7 Å². The summed E-state index contributed by atoms with van der Waals surface area (Å²) in [5.74, 6) is -1.29. The minimum atomic E-state index is -0.836. The van der Waals surface area contributed by atoms with E-state index < -0.39 is 11.9 Å². The summed E-state index contributed by atoms with van der Waals surface area (Å²) in [7, 11) is 0. The molecule has 0 spiro atoms. The fraction of sp³-hybridized carbons (Fsp3) is 0.129. The van der Waals surface area contributed by atoms with E-state index in [9.17, 15) is 15.3 Å². The summed E-state index contributed by atoms with van der Waals surface area (Å²) < 4.78 is 11.3. The second-order valence-electron chi connectivity index (χ2n) is 8.89. The Balaban J connectivity index is 1.62. The van der Waals surface area contributed by atoms with Gasteiger partial charge in [-0.25, -0.2) is 9.78 Å². The number of esters is 1. The van der Waals surface area contributed by atoms with Crippen LogP contribution in [0.3, 0.4) is 0 Å². The van der Waals surface area contributed by atoms with E-state index in [2.05, 4.69) is 17.1 Å². The molecule has 1 aliphatic heterocycles. The average Bonchev–Trinajstić information content (AvgIpc) is 3.55. The average molecular weight is 612 g/mol. The summed E-state index contributed by atoms with van der Waals surface area (Å²) in [6, 6.07) is 20.9. The Hall–Kier alpha value is -4.61. The van der Waals surface area contributed by atoms with Crippen LogP contribution in [0.15, 0.2) is 100 Å². The van der Waals surface area contributed by atoms with Crippen LogP contribution in [0.25, 0.3) is 21.7 Å². The van der Waals surface area contributed by atoms with Gasteiger partial charge in [0.2, 0.25) is 5.88 Å². The van der Waals surface area contributed by atoms with Crippen LogP contribution < -0.4 is 5.73 Å². The van der Waals surface area contributed by atoms with Crippen molar-refractivity contribution >= 4 is 40.7 Å². The molecule has 208 valence electrons. The van der Waals surface area contributed by atoms with Gasteiger partial charge in [-0.05, 0) is 53.8 Å². The van der Waals surface area contributed by atoms with E-state index in [4.69, 9.17) is 31.8 Å². The first-order valence-corrected chi connectivity index (χ1v) is 14.9. The van der Waals surface area contributed by atoms with Crippen LogP contribution >= 0.6 is 34.7 Å². The molecule has 11 heteroatoms. The number of hydrogen-bond donors (Lipinski definition) is 1. The highest BCUT2D eigenvalue weighted by atomic mass is 35.5. The molecular formula is C31H22ClN5O3S2. The first kappa shape index (κ1) is 28.9. The molecule has 3 aromatic heterocycles. The van der Waals surface area contributed by atoms with Gasteiger partial charge >= 0.3 is 5.97 Å². The summed E-state index contributed by atoms with van der Waals surface area (Å²) in [6.45, 7) is 1.82. The molecule has 0 saturated heterocycles. The van der Waals surface area contributed by atoms with E-state index in [1.165, 1.54) is 23.1 Å². The van der Waals surface area contributed by atoms with E-state index in [1.807, 2.05) is 35.7 Å². The number of thiophene rings is 1. The molecule has 0 saturated carbocycles. The fourth-order valence-electron chi connectivity index (χ4n) is 4.51. The third kappa shape index (κ3) is 5.88. The molecular weight excluding hydrogens is 590 g/mol. The second kappa shape index (κ2) is 12.9. The number of rotatable bonds is 8. The summed E-state index contributed by atoms with van der Waals surface area (Å²) in [6.07, 6.45) is 3.17. The van der Waals surface area contributed by atoms with Gasteiger partial charge in [-0.15, -0.1) is 11.3 Å². The van der Waals surface area contributed by atoms with Crippen molar-refractivity contribution in [2.45, 2.75) is 17.9 Å². The summed E-state index contributed by atoms with van der Waals surface area (Å²) in [5, 5.41) is 23.2. The zero-order valence-corrected chi connectivity index (χ0v) is 24.6. The molecule has 0 aliphatic carbocycles. The van der Waals surface area contributed by atoms with Gasteiger partial charge in [-0.3, -0.25) is 4.98 Å². The van der Waals surface area contributed by atoms with Crippen LogP contribution in [-0.2, 0) is 14.3 Å². The molecule has 2 N–H and O–H groups in total. The van der Waals surface area contributed by atoms with Crippen LogP contribution in [0.5, 0.6) is 0 Å². The zero-order valence-electron chi connectivity index (χ0n) is 22.2. The number of halogens is 1. The lowest BCUT2D eigenvalue weighted by Gasteiger charge is -2.28. The standard InChI is InChI=1S/C31H22ClN5O3S2/c1-2-39-31(38)28-25(40-29(35)23(15-34)27(28)19-5-3-11-36-16-19)17-42-30-22(14-33)21(18-7-9-20(32)10-8-18)13-24(37-30)26-6-4-12-41-26/h3-13,16,27H,2,17,35H2,1H3/t27-/m0/s1. The number of nitrogens with two attached hydrogens (primary N) is 1. The van der Waals surface area contributed by atoms with Gasteiger partial charge in [0.25, 0.3) is 0 Å². The van der Waals surface area contributed by atoms with Gasteiger partial charge in [0.05, 0.1) is 40.0 Å². The predicted molar refractivity (Wildman–Crippen MR) is 162 cm³/mol. The maximum absolute atomic E-state index is 13.3. The Labute approximate surface area is 255 Å². The van der Waals surface area contributed by atoms with Crippen molar-refractivity contribution in [1.82, 2.24) is 9.97 Å². The minimum Gasteiger partial charge on any atom is -0.463 e. The third-order valence-corrected chi connectivity index (χ3v) is 8.50. The number of hydrogen-bond acceptors (Lipinski definition) is 10. The lowest BCUT2D eigenvalue weighted by atomic mass is 9.84. The first-order valence-electron chi connectivity index (χ1n) is 12.7. The molecule has 42 heavy (non-hydrogen) atoms. The smallest absolute Gasteiger partial charge is 0.338 e. The minimum absolute atomic E-state index is 0.0833. The van der Waals surface area contributed by atoms with Crippen LogP contribution in [0.4, 0.5) is 0 Å². The van der Waals surface area contributed by atoms with E-state index in [1.54, 1.807) is 43.6 Å². The monoisotopic (exact) mass is 611 g/mol. The molecule has 0 amide bonds. The number of benzene rings is 1. The van der Waals surface area contributed by atoms with Gasteiger partial charge in [0.15, 0.2) is 0 Å². The molecule has 0 unspecified atom stereocenters. The van der Waals surface area contributed by atoms with E-state index in [0.29, 0.717) is 32.4 Å². The Morgan fingerprint density at radius 2 is 2.00 bits per heavy atom. The highest BCUT2D eigenvalue weighted by molar-refractivity contribution is 7.99. The molecule has 0 bridgehead atoms. The molecule has 0 fully saturated rings. The zero-order chi connectivity index (χ0) is 29.6. The van der Waals surface area contributed by atoms with Gasteiger partial charge in [0, 0.05) is 23.0 Å². The van der Waals surface area contributed by atoms with Crippen molar-refractivity contribution in [3.05, 3.63) is 111 Å². The normalized spacial score (nSPS) is 14.6. The largest absolute Gasteiger partial charge is 0.463 e. The first-order chi connectivity index (χ1) is 20.4. The number of nitrogens with zero attached hydrogens (tertiary/aromatic N) is 4. The highest BCUT2D eigenvalue weighted by Crippen LogP contribution is 2.42. The van der Waals surface area contributed by atoms with E-state index in [-0.39, 0.29) is 35.1 Å². The molecule has 0 radical (unpaired) electrons. The van der Waals surface area contributed by atoms with E-state index >= 15 is 0 Å². The molecule has 4 heterocycles. The molecule has 1 aliphatic rings. The number of pyridine rings is 2. The van der Waals surface area contributed by atoms with Gasteiger partial charge in [0.1, 0.15) is 28.5 Å². The predicted octanol–water partition coefficient (Wildman–Crippen LogP) is 6.81. The van der Waals surface area contributed by atoms with Crippen LogP contribution in [0.2, 0.25) is 5.02 Å². The van der Waals surface area contributed by atoms with Crippen molar-refractivity contribution in [3.8, 4) is 33.8 Å². The Morgan fingerprint density at radius 1 is 1.19 bits per heavy atom. The quantitative estimate of drug-likeness (QED) is 0.168. The van der Waals surface area contributed by atoms with Crippen molar-refractivity contribution in [1.29, 1.82) is 10.5 Å².